The Morgan fingerprint density at radius 1 is 1.39 bits per heavy atom. The molecule has 0 fully saturated rings. The molecule has 4 nitrogen and oxygen atoms in total. The summed E-state index contributed by atoms with van der Waals surface area (Å²) >= 11 is 0. The molecule has 0 bridgehead atoms. The summed E-state index contributed by atoms with van der Waals surface area (Å²) in [4.78, 5) is 3.89. The lowest BCUT2D eigenvalue weighted by Gasteiger charge is -2.13. The van der Waals surface area contributed by atoms with Crippen LogP contribution in [0.4, 0.5) is 24.7 Å². The minimum atomic E-state index is -4.29. The van der Waals surface area contributed by atoms with Crippen molar-refractivity contribution in [2.24, 2.45) is 5.92 Å². The normalized spacial score (nSPS) is 11.7. The van der Waals surface area contributed by atoms with Crippen LogP contribution in [0.15, 0.2) is 12.1 Å². The van der Waals surface area contributed by atoms with E-state index >= 15 is 0 Å². The number of alkyl halides is 3. The van der Waals surface area contributed by atoms with Crippen LogP contribution in [0.3, 0.4) is 0 Å². The zero-order valence-electron chi connectivity index (χ0n) is 10.2. The number of anilines is 2. The molecule has 0 aromatic carbocycles. The van der Waals surface area contributed by atoms with Crippen molar-refractivity contribution < 1.29 is 17.9 Å². The molecule has 0 unspecified atom stereocenters. The van der Waals surface area contributed by atoms with Gasteiger partial charge in [-0.25, -0.2) is 0 Å². The van der Waals surface area contributed by atoms with Crippen molar-refractivity contribution in [1.29, 1.82) is 0 Å². The fourth-order valence-electron chi connectivity index (χ4n) is 1.10. The van der Waals surface area contributed by atoms with Crippen LogP contribution in [0.5, 0.6) is 5.88 Å². The number of nitrogens with zero attached hydrogens (tertiary/aromatic N) is 1. The monoisotopic (exact) mass is 263 g/mol. The molecule has 0 saturated carbocycles. The number of aromatic nitrogens is 1. The molecule has 1 aromatic heterocycles. The van der Waals surface area contributed by atoms with Gasteiger partial charge in [-0.1, -0.05) is 13.8 Å². The van der Waals surface area contributed by atoms with Crippen molar-refractivity contribution in [3.8, 4) is 5.88 Å². The lowest BCUT2D eigenvalue weighted by molar-refractivity contribution is -0.115. The first kappa shape index (κ1) is 14.4. The second kappa shape index (κ2) is 5.79. The number of nitrogens with two attached hydrogens (primary N) is 1. The highest BCUT2D eigenvalue weighted by atomic mass is 19.4. The van der Waals surface area contributed by atoms with Crippen molar-refractivity contribution in [2.75, 3.05) is 24.2 Å². The summed E-state index contributed by atoms with van der Waals surface area (Å²) in [7, 11) is 0. The number of halogens is 3. The second-order valence-corrected chi connectivity index (χ2v) is 4.26. The van der Waals surface area contributed by atoms with E-state index < -0.39 is 12.7 Å². The summed E-state index contributed by atoms with van der Waals surface area (Å²) in [5, 5.41) is 2.17. The minimum absolute atomic E-state index is 0.0836. The molecule has 1 aromatic rings. The van der Waals surface area contributed by atoms with Gasteiger partial charge in [-0.15, -0.1) is 0 Å². The van der Waals surface area contributed by atoms with E-state index in [4.69, 9.17) is 10.5 Å². The third kappa shape index (κ3) is 5.11. The summed E-state index contributed by atoms with van der Waals surface area (Å²) in [5.41, 5.74) is 5.92. The van der Waals surface area contributed by atoms with E-state index in [1.54, 1.807) is 0 Å². The molecule has 7 heteroatoms. The van der Waals surface area contributed by atoms with Crippen LogP contribution in [-0.2, 0) is 0 Å². The number of nitrogen functional groups attached to an aromatic ring is 1. The molecule has 102 valence electrons. The van der Waals surface area contributed by atoms with Crippen molar-refractivity contribution in [2.45, 2.75) is 20.0 Å². The predicted octanol–water partition coefficient (Wildman–Crippen LogP) is 2.67. The fraction of sp³-hybridized carbons (Fsp3) is 0.545. The van der Waals surface area contributed by atoms with Crippen LogP contribution in [0.25, 0.3) is 0 Å². The summed E-state index contributed by atoms with van der Waals surface area (Å²) in [5.74, 6) is 0.508. The molecular formula is C11H16F3N3O. The minimum Gasteiger partial charge on any atom is -0.476 e. The number of hydrogen-bond donors (Lipinski definition) is 2. The molecular weight excluding hydrogens is 247 g/mol. The Morgan fingerprint density at radius 2 is 2.06 bits per heavy atom. The maximum absolute atomic E-state index is 12.0. The van der Waals surface area contributed by atoms with E-state index in [1.165, 1.54) is 12.1 Å². The number of hydrogen-bond acceptors (Lipinski definition) is 4. The van der Waals surface area contributed by atoms with Gasteiger partial charge in [-0.3, -0.25) is 0 Å². The SMILES string of the molecule is CC(C)COc1nc(NCC(F)(F)F)ccc1N. The van der Waals surface area contributed by atoms with E-state index in [2.05, 4.69) is 10.3 Å². The number of pyridine rings is 1. The molecule has 0 aliphatic rings. The quantitative estimate of drug-likeness (QED) is 0.857. The smallest absolute Gasteiger partial charge is 0.405 e. The van der Waals surface area contributed by atoms with Gasteiger partial charge in [0.2, 0.25) is 5.88 Å². The Hall–Kier alpha value is -1.66. The van der Waals surface area contributed by atoms with E-state index in [0.29, 0.717) is 12.3 Å². The molecule has 0 saturated heterocycles. The maximum atomic E-state index is 12.0. The molecule has 0 spiro atoms. The summed E-state index contributed by atoms with van der Waals surface area (Å²) < 4.78 is 41.4. The molecule has 0 aliphatic heterocycles. The summed E-state index contributed by atoms with van der Waals surface area (Å²) in [6.07, 6.45) is -4.29. The Bertz CT molecular complexity index is 394. The first-order valence-electron chi connectivity index (χ1n) is 5.48. The lowest BCUT2D eigenvalue weighted by atomic mass is 10.2. The molecule has 0 amide bonds. The van der Waals surface area contributed by atoms with Crippen molar-refractivity contribution in [3.05, 3.63) is 12.1 Å². The molecule has 1 heterocycles. The number of ether oxygens (including phenoxy) is 1. The zero-order valence-corrected chi connectivity index (χ0v) is 10.2. The number of nitrogens with one attached hydrogen (secondary N) is 1. The Kier molecular flexibility index (Phi) is 4.63. The Balaban J connectivity index is 2.68. The summed E-state index contributed by atoms with van der Waals surface area (Å²) in [6.45, 7) is 3.15. The van der Waals surface area contributed by atoms with Gasteiger partial charge in [0, 0.05) is 0 Å². The van der Waals surface area contributed by atoms with Crippen molar-refractivity contribution in [1.82, 2.24) is 4.98 Å². The average Bonchev–Trinajstić information content (AvgIpc) is 2.25. The van der Waals surface area contributed by atoms with Gasteiger partial charge < -0.3 is 15.8 Å². The van der Waals surface area contributed by atoms with Gasteiger partial charge in [-0.05, 0) is 18.1 Å². The third-order valence-electron chi connectivity index (χ3n) is 1.91. The zero-order chi connectivity index (χ0) is 13.8. The van der Waals surface area contributed by atoms with Gasteiger partial charge in [-0.2, -0.15) is 18.2 Å². The van der Waals surface area contributed by atoms with E-state index in [9.17, 15) is 13.2 Å². The Morgan fingerprint density at radius 3 is 2.61 bits per heavy atom. The van der Waals surface area contributed by atoms with Crippen LogP contribution in [0.1, 0.15) is 13.8 Å². The van der Waals surface area contributed by atoms with Crippen LogP contribution in [0.2, 0.25) is 0 Å². The van der Waals surface area contributed by atoms with Gasteiger partial charge >= 0.3 is 6.18 Å². The highest BCUT2D eigenvalue weighted by molar-refractivity contribution is 5.53. The average molecular weight is 263 g/mol. The maximum Gasteiger partial charge on any atom is 0.405 e. The lowest BCUT2D eigenvalue weighted by Crippen LogP contribution is -2.22. The van der Waals surface area contributed by atoms with E-state index in [0.717, 1.165) is 0 Å². The van der Waals surface area contributed by atoms with Crippen LogP contribution < -0.4 is 15.8 Å². The molecule has 3 N–H and O–H groups in total. The fourth-order valence-corrected chi connectivity index (χ4v) is 1.10. The predicted molar refractivity (Wildman–Crippen MR) is 63.5 cm³/mol. The number of rotatable bonds is 5. The Labute approximate surface area is 103 Å². The second-order valence-electron chi connectivity index (χ2n) is 4.26. The summed E-state index contributed by atoms with van der Waals surface area (Å²) in [6, 6.07) is 2.84. The van der Waals surface area contributed by atoms with Gasteiger partial charge in [0.15, 0.2) is 0 Å². The highest BCUT2D eigenvalue weighted by Gasteiger charge is 2.26. The van der Waals surface area contributed by atoms with E-state index in [-0.39, 0.29) is 17.6 Å². The van der Waals surface area contributed by atoms with E-state index in [1.807, 2.05) is 13.8 Å². The standard InChI is InChI=1S/C11H16F3N3O/c1-7(2)5-18-10-8(15)3-4-9(17-10)16-6-11(12,13)14/h3-4,7H,5-6,15H2,1-2H3,(H,16,17). The molecule has 18 heavy (non-hydrogen) atoms. The first-order chi connectivity index (χ1) is 8.28. The van der Waals surface area contributed by atoms with Crippen LogP contribution in [-0.4, -0.2) is 24.3 Å². The van der Waals surface area contributed by atoms with Gasteiger partial charge in [0.1, 0.15) is 12.4 Å². The molecule has 0 radical (unpaired) electrons. The topological polar surface area (TPSA) is 60.2 Å². The highest BCUT2D eigenvalue weighted by Crippen LogP contribution is 2.22. The first-order valence-corrected chi connectivity index (χ1v) is 5.48. The molecule has 0 atom stereocenters. The van der Waals surface area contributed by atoms with Gasteiger partial charge in [0.05, 0.1) is 12.3 Å². The third-order valence-corrected chi connectivity index (χ3v) is 1.91. The molecule has 1 rings (SSSR count). The molecule has 0 aliphatic carbocycles. The largest absolute Gasteiger partial charge is 0.476 e. The van der Waals surface area contributed by atoms with Crippen LogP contribution >= 0.6 is 0 Å². The van der Waals surface area contributed by atoms with Crippen molar-refractivity contribution in [3.63, 3.8) is 0 Å². The van der Waals surface area contributed by atoms with Gasteiger partial charge in [0.25, 0.3) is 0 Å². The van der Waals surface area contributed by atoms with Crippen molar-refractivity contribution >= 4 is 11.5 Å². The van der Waals surface area contributed by atoms with Crippen LogP contribution in [0, 0.1) is 5.92 Å².